The van der Waals surface area contributed by atoms with Gasteiger partial charge >= 0.3 is 0 Å². The molecule has 194 valence electrons. The van der Waals surface area contributed by atoms with Crippen molar-refractivity contribution < 1.29 is 23.9 Å². The molecule has 2 N–H and O–H groups in total. The SMILES string of the molecule is COCCNC(=O)C(c1ccc(OC)cc1)N(C(=O)CCC(=O)Nc1ccccn1)C1CCCCC1. The van der Waals surface area contributed by atoms with Gasteiger partial charge in [-0.15, -0.1) is 0 Å². The highest BCUT2D eigenvalue weighted by atomic mass is 16.5. The van der Waals surface area contributed by atoms with Crippen molar-refractivity contribution >= 4 is 23.5 Å². The molecule has 3 rings (SSSR count). The Morgan fingerprint density at radius 2 is 1.78 bits per heavy atom. The number of aromatic nitrogens is 1. The van der Waals surface area contributed by atoms with Gasteiger partial charge in [0.05, 0.1) is 13.7 Å². The zero-order chi connectivity index (χ0) is 25.8. The van der Waals surface area contributed by atoms with Gasteiger partial charge in [-0.05, 0) is 42.7 Å². The van der Waals surface area contributed by atoms with E-state index in [1.165, 1.54) is 0 Å². The zero-order valence-corrected chi connectivity index (χ0v) is 21.1. The minimum Gasteiger partial charge on any atom is -0.497 e. The van der Waals surface area contributed by atoms with Crippen LogP contribution >= 0.6 is 0 Å². The van der Waals surface area contributed by atoms with Crippen LogP contribution < -0.4 is 15.4 Å². The van der Waals surface area contributed by atoms with Crippen LogP contribution in [0.5, 0.6) is 5.75 Å². The van der Waals surface area contributed by atoms with Crippen LogP contribution in [0.2, 0.25) is 0 Å². The van der Waals surface area contributed by atoms with E-state index in [2.05, 4.69) is 15.6 Å². The molecular formula is C27H36N4O5. The molecule has 9 nitrogen and oxygen atoms in total. The van der Waals surface area contributed by atoms with Crippen LogP contribution in [-0.2, 0) is 19.1 Å². The van der Waals surface area contributed by atoms with Crippen molar-refractivity contribution in [1.29, 1.82) is 0 Å². The number of methoxy groups -OCH3 is 2. The quantitative estimate of drug-likeness (QED) is 0.436. The predicted molar refractivity (Wildman–Crippen MR) is 136 cm³/mol. The van der Waals surface area contributed by atoms with E-state index in [1.54, 1.807) is 55.6 Å². The fraction of sp³-hybridized carbons (Fsp3) is 0.481. The summed E-state index contributed by atoms with van der Waals surface area (Å²) in [6.07, 6.45) is 6.33. The number of nitrogens with one attached hydrogen (secondary N) is 2. The molecule has 1 atom stereocenters. The number of carbonyl (C=O) groups is 3. The summed E-state index contributed by atoms with van der Waals surface area (Å²) in [5.41, 5.74) is 0.697. The maximum absolute atomic E-state index is 13.7. The molecule has 2 aromatic rings. The third kappa shape index (κ3) is 7.78. The van der Waals surface area contributed by atoms with Gasteiger partial charge in [-0.25, -0.2) is 4.98 Å². The number of hydrogen-bond acceptors (Lipinski definition) is 6. The number of amides is 3. The minimum absolute atomic E-state index is 0.000740. The second-order valence-corrected chi connectivity index (χ2v) is 8.82. The third-order valence-corrected chi connectivity index (χ3v) is 6.32. The number of ether oxygens (including phenoxy) is 2. The Hall–Kier alpha value is -3.46. The molecule has 1 saturated carbocycles. The van der Waals surface area contributed by atoms with Crippen molar-refractivity contribution in [2.45, 2.75) is 57.0 Å². The molecule has 0 radical (unpaired) electrons. The number of anilines is 1. The smallest absolute Gasteiger partial charge is 0.247 e. The average molecular weight is 497 g/mol. The molecule has 1 aliphatic rings. The molecule has 1 heterocycles. The lowest BCUT2D eigenvalue weighted by Crippen LogP contribution is -2.49. The van der Waals surface area contributed by atoms with Crippen molar-refractivity contribution in [3.63, 3.8) is 0 Å². The van der Waals surface area contributed by atoms with Gasteiger partial charge in [0.1, 0.15) is 17.6 Å². The van der Waals surface area contributed by atoms with Crippen molar-refractivity contribution in [3.05, 3.63) is 54.2 Å². The van der Waals surface area contributed by atoms with E-state index in [9.17, 15) is 14.4 Å². The van der Waals surface area contributed by atoms with E-state index in [1.807, 2.05) is 12.1 Å². The molecule has 3 amide bonds. The molecular weight excluding hydrogens is 460 g/mol. The topological polar surface area (TPSA) is 110 Å². The van der Waals surface area contributed by atoms with Gasteiger partial charge in [0.2, 0.25) is 17.7 Å². The molecule has 1 unspecified atom stereocenters. The first kappa shape index (κ1) is 27.1. The zero-order valence-electron chi connectivity index (χ0n) is 21.1. The summed E-state index contributed by atoms with van der Waals surface area (Å²) in [6, 6.07) is 11.5. The summed E-state index contributed by atoms with van der Waals surface area (Å²) in [5.74, 6) is 0.317. The molecule has 9 heteroatoms. The Bertz CT molecular complexity index is 977. The van der Waals surface area contributed by atoms with Gasteiger partial charge < -0.3 is 25.0 Å². The Labute approximate surface area is 212 Å². The number of benzene rings is 1. The first-order valence-electron chi connectivity index (χ1n) is 12.5. The first-order valence-corrected chi connectivity index (χ1v) is 12.5. The molecule has 1 aromatic carbocycles. The molecule has 36 heavy (non-hydrogen) atoms. The highest BCUT2D eigenvalue weighted by Gasteiger charge is 2.36. The summed E-state index contributed by atoms with van der Waals surface area (Å²) in [6.45, 7) is 0.702. The Balaban J connectivity index is 1.83. The van der Waals surface area contributed by atoms with Crippen LogP contribution in [-0.4, -0.2) is 61.0 Å². The summed E-state index contributed by atoms with van der Waals surface area (Å²) in [5, 5.41) is 5.62. The van der Waals surface area contributed by atoms with Crippen LogP contribution in [0.3, 0.4) is 0 Å². The molecule has 0 spiro atoms. The Morgan fingerprint density at radius 1 is 1.03 bits per heavy atom. The van der Waals surface area contributed by atoms with E-state index in [4.69, 9.17) is 9.47 Å². The fourth-order valence-corrected chi connectivity index (χ4v) is 4.51. The van der Waals surface area contributed by atoms with E-state index in [0.717, 1.165) is 32.1 Å². The van der Waals surface area contributed by atoms with E-state index in [0.29, 0.717) is 30.3 Å². The summed E-state index contributed by atoms with van der Waals surface area (Å²) >= 11 is 0. The third-order valence-electron chi connectivity index (χ3n) is 6.32. The number of rotatable bonds is 12. The fourth-order valence-electron chi connectivity index (χ4n) is 4.51. The normalized spacial score (nSPS) is 14.5. The highest BCUT2D eigenvalue weighted by molar-refractivity contribution is 5.94. The molecule has 0 bridgehead atoms. The van der Waals surface area contributed by atoms with E-state index < -0.39 is 6.04 Å². The van der Waals surface area contributed by atoms with Crippen molar-refractivity contribution in [1.82, 2.24) is 15.2 Å². The van der Waals surface area contributed by atoms with E-state index >= 15 is 0 Å². The highest BCUT2D eigenvalue weighted by Crippen LogP contribution is 2.32. The standard InChI is InChI=1S/C27H36N4O5/c1-35-19-18-29-27(34)26(20-11-13-22(36-2)14-12-20)31(21-8-4-3-5-9-21)25(33)16-15-24(32)30-23-10-6-7-17-28-23/h6-7,10-14,17,21,26H,3-5,8-9,15-16,18-19H2,1-2H3,(H,29,34)(H,28,30,32). The monoisotopic (exact) mass is 496 g/mol. The predicted octanol–water partition coefficient (Wildman–Crippen LogP) is 3.47. The van der Waals surface area contributed by atoms with Crippen LogP contribution in [0.4, 0.5) is 5.82 Å². The molecule has 1 fully saturated rings. The van der Waals surface area contributed by atoms with Gasteiger partial charge in [-0.1, -0.05) is 37.5 Å². The lowest BCUT2D eigenvalue weighted by Gasteiger charge is -2.39. The maximum atomic E-state index is 13.7. The first-order chi connectivity index (χ1) is 17.5. The maximum Gasteiger partial charge on any atom is 0.247 e. The van der Waals surface area contributed by atoms with Gasteiger partial charge in [0.15, 0.2) is 0 Å². The average Bonchev–Trinajstić information content (AvgIpc) is 2.91. The van der Waals surface area contributed by atoms with Gasteiger partial charge in [-0.2, -0.15) is 0 Å². The number of nitrogens with zero attached hydrogens (tertiary/aromatic N) is 2. The van der Waals surface area contributed by atoms with Crippen molar-refractivity contribution in [3.8, 4) is 5.75 Å². The number of carbonyl (C=O) groups excluding carboxylic acids is 3. The summed E-state index contributed by atoms with van der Waals surface area (Å²) in [4.78, 5) is 45.4. The molecule has 1 aliphatic carbocycles. The Kier molecular flexibility index (Phi) is 10.7. The summed E-state index contributed by atoms with van der Waals surface area (Å²) < 4.78 is 10.4. The molecule has 0 aliphatic heterocycles. The van der Waals surface area contributed by atoms with Crippen LogP contribution in [0, 0.1) is 0 Å². The van der Waals surface area contributed by atoms with Crippen molar-refractivity contribution in [2.24, 2.45) is 0 Å². The summed E-state index contributed by atoms with van der Waals surface area (Å²) in [7, 11) is 3.15. The largest absolute Gasteiger partial charge is 0.497 e. The van der Waals surface area contributed by atoms with E-state index in [-0.39, 0.29) is 36.6 Å². The van der Waals surface area contributed by atoms with Crippen molar-refractivity contribution in [2.75, 3.05) is 32.7 Å². The lowest BCUT2D eigenvalue weighted by molar-refractivity contribution is -0.145. The second kappa shape index (κ2) is 14.2. The number of pyridine rings is 1. The number of hydrogen-bond donors (Lipinski definition) is 2. The van der Waals surface area contributed by atoms with Crippen LogP contribution in [0.25, 0.3) is 0 Å². The van der Waals surface area contributed by atoms with Crippen LogP contribution in [0.1, 0.15) is 56.6 Å². The van der Waals surface area contributed by atoms with Gasteiger partial charge in [-0.3, -0.25) is 14.4 Å². The Morgan fingerprint density at radius 3 is 2.42 bits per heavy atom. The lowest BCUT2D eigenvalue weighted by atomic mass is 9.91. The molecule has 1 aromatic heterocycles. The second-order valence-electron chi connectivity index (χ2n) is 8.82. The minimum atomic E-state index is -0.817. The van der Waals surface area contributed by atoms with Gasteiger partial charge in [0.25, 0.3) is 0 Å². The van der Waals surface area contributed by atoms with Gasteiger partial charge in [0, 0.05) is 38.7 Å². The molecule has 0 saturated heterocycles. The van der Waals surface area contributed by atoms with Crippen LogP contribution in [0.15, 0.2) is 48.7 Å².